The van der Waals surface area contributed by atoms with E-state index < -0.39 is 0 Å². The molecule has 2 fully saturated rings. The van der Waals surface area contributed by atoms with Crippen LogP contribution in [0.2, 0.25) is 0 Å². The van der Waals surface area contributed by atoms with Crippen molar-refractivity contribution in [2.45, 2.75) is 98.0 Å². The topological polar surface area (TPSA) is 73.9 Å². The first-order chi connectivity index (χ1) is 18.8. The number of allylic oxidation sites excluding steroid dienone is 1. The average molecular weight is 537 g/mol. The fraction of sp³-hybridized carbons (Fsp3) is 0.706. The minimum Gasteiger partial charge on any atom is -0.458 e. The summed E-state index contributed by atoms with van der Waals surface area (Å²) in [6.07, 6.45) is 16.6. The molecule has 216 valence electrons. The highest BCUT2D eigenvalue weighted by Crippen LogP contribution is 2.61. The maximum Gasteiger partial charge on any atom is 0.338 e. The molecule has 0 aromatic heterocycles. The number of fused-ring (bicyclic) bond motifs is 3. The van der Waals surface area contributed by atoms with Gasteiger partial charge in [0.1, 0.15) is 6.10 Å². The van der Waals surface area contributed by atoms with E-state index in [-0.39, 0.29) is 17.5 Å². The van der Waals surface area contributed by atoms with Crippen LogP contribution in [0.3, 0.4) is 0 Å². The Kier molecular flexibility index (Phi) is 10.4. The third-order valence-corrected chi connectivity index (χ3v) is 10.4. The molecule has 1 aromatic carbocycles. The number of nitrogens with zero attached hydrogens (tertiary/aromatic N) is 1. The third-order valence-electron chi connectivity index (χ3n) is 10.4. The molecule has 39 heavy (non-hydrogen) atoms. The molecule has 0 aliphatic heterocycles. The van der Waals surface area contributed by atoms with Crippen molar-refractivity contribution in [3.8, 4) is 0 Å². The van der Waals surface area contributed by atoms with Crippen molar-refractivity contribution in [2.24, 2.45) is 39.3 Å². The van der Waals surface area contributed by atoms with Gasteiger partial charge in [-0.2, -0.15) is 0 Å². The summed E-state index contributed by atoms with van der Waals surface area (Å²) in [7, 11) is 0. The molecule has 2 N–H and O–H groups in total. The van der Waals surface area contributed by atoms with Gasteiger partial charge < -0.3 is 15.2 Å². The number of carbonyl (C=O) groups is 1. The Bertz CT molecular complexity index is 1000. The maximum atomic E-state index is 13.0. The highest BCUT2D eigenvalue weighted by Gasteiger charge is 2.52. The van der Waals surface area contributed by atoms with Gasteiger partial charge in [0.15, 0.2) is 0 Å². The van der Waals surface area contributed by atoms with Crippen LogP contribution < -0.4 is 5.73 Å². The predicted molar refractivity (Wildman–Crippen MR) is 160 cm³/mol. The number of benzene rings is 1. The van der Waals surface area contributed by atoms with Crippen LogP contribution in [0.15, 0.2) is 40.9 Å². The van der Waals surface area contributed by atoms with E-state index in [1.165, 1.54) is 44.9 Å². The largest absolute Gasteiger partial charge is 0.458 e. The molecule has 3 aliphatic rings. The number of nitrogens with two attached hydrogens (primary N) is 1. The summed E-state index contributed by atoms with van der Waals surface area (Å²) in [5.41, 5.74) is 9.31. The summed E-state index contributed by atoms with van der Waals surface area (Å²) < 4.78 is 11.4. The second-order valence-corrected chi connectivity index (χ2v) is 12.9. The molecule has 5 heteroatoms. The van der Waals surface area contributed by atoms with Crippen molar-refractivity contribution >= 4 is 12.2 Å². The Balaban J connectivity index is 1.32. The van der Waals surface area contributed by atoms with Crippen molar-refractivity contribution in [2.75, 3.05) is 26.3 Å². The number of rotatable bonds is 12. The predicted octanol–water partition coefficient (Wildman–Crippen LogP) is 7.38. The van der Waals surface area contributed by atoms with Crippen molar-refractivity contribution in [1.82, 2.24) is 0 Å². The lowest BCUT2D eigenvalue weighted by Crippen LogP contribution is -2.48. The van der Waals surface area contributed by atoms with Crippen LogP contribution in [-0.4, -0.2) is 44.6 Å². The van der Waals surface area contributed by atoms with E-state index in [9.17, 15) is 4.79 Å². The van der Waals surface area contributed by atoms with E-state index in [0.29, 0.717) is 37.3 Å². The SMILES string of the molecule is CCCC(CC)C1(C)CCC2C(CC=C3CC(OC(=O)c4ccc(C=NCCOCCN)cc4)CCC32C)C1. The van der Waals surface area contributed by atoms with E-state index >= 15 is 0 Å². The molecular weight excluding hydrogens is 484 g/mol. The lowest BCUT2D eigenvalue weighted by molar-refractivity contribution is -0.0317. The molecular formula is C34H52N2O3. The number of esters is 1. The van der Waals surface area contributed by atoms with Gasteiger partial charge in [0.25, 0.3) is 0 Å². The Morgan fingerprint density at radius 1 is 1.15 bits per heavy atom. The number of aliphatic imine (C=N–C) groups is 1. The van der Waals surface area contributed by atoms with Gasteiger partial charge in [-0.25, -0.2) is 4.79 Å². The molecule has 0 spiro atoms. The summed E-state index contributed by atoms with van der Waals surface area (Å²) in [4.78, 5) is 17.3. The van der Waals surface area contributed by atoms with Gasteiger partial charge in [-0.05, 0) is 84.8 Å². The summed E-state index contributed by atoms with van der Waals surface area (Å²) in [6, 6.07) is 7.52. The van der Waals surface area contributed by atoms with Gasteiger partial charge in [0.05, 0.1) is 25.3 Å². The normalized spacial score (nSPS) is 31.3. The standard InChI is InChI=1S/C34H52N2O3/c1-5-7-28(6-2)33(3)16-15-31-27(23-33)12-13-29-22-30(14-17-34(29,31)4)39-32(37)26-10-8-25(9-11-26)24-36-19-21-38-20-18-35/h8-11,13,24,27-28,30-31H,5-7,12,14-23,35H2,1-4H3. The van der Waals surface area contributed by atoms with Gasteiger partial charge in [0, 0.05) is 19.2 Å². The molecule has 0 saturated heterocycles. The summed E-state index contributed by atoms with van der Waals surface area (Å²) >= 11 is 0. The monoisotopic (exact) mass is 536 g/mol. The van der Waals surface area contributed by atoms with Crippen LogP contribution in [0.4, 0.5) is 0 Å². The molecule has 4 rings (SSSR count). The number of hydrogen-bond donors (Lipinski definition) is 1. The first-order valence-corrected chi connectivity index (χ1v) is 15.6. The van der Waals surface area contributed by atoms with E-state index in [1.54, 1.807) is 5.57 Å². The summed E-state index contributed by atoms with van der Waals surface area (Å²) in [6.45, 7) is 12.1. The molecule has 0 radical (unpaired) electrons. The zero-order chi connectivity index (χ0) is 27.9. The first-order valence-electron chi connectivity index (χ1n) is 15.6. The lowest BCUT2D eigenvalue weighted by Gasteiger charge is -2.56. The fourth-order valence-corrected chi connectivity index (χ4v) is 8.15. The molecule has 6 unspecified atom stereocenters. The van der Waals surface area contributed by atoms with Gasteiger partial charge >= 0.3 is 5.97 Å². The van der Waals surface area contributed by atoms with Crippen molar-refractivity contribution in [3.05, 3.63) is 47.0 Å². The second-order valence-electron chi connectivity index (χ2n) is 12.9. The van der Waals surface area contributed by atoms with Crippen molar-refractivity contribution in [3.63, 3.8) is 0 Å². The number of hydrogen-bond acceptors (Lipinski definition) is 5. The highest BCUT2D eigenvalue weighted by molar-refractivity contribution is 5.91. The summed E-state index contributed by atoms with van der Waals surface area (Å²) in [5.74, 6) is 2.23. The Morgan fingerprint density at radius 3 is 2.67 bits per heavy atom. The summed E-state index contributed by atoms with van der Waals surface area (Å²) in [5, 5.41) is 0. The van der Waals surface area contributed by atoms with Crippen molar-refractivity contribution < 1.29 is 14.3 Å². The Hall–Kier alpha value is -1.98. The van der Waals surface area contributed by atoms with E-state index in [2.05, 4.69) is 38.8 Å². The molecule has 6 atom stereocenters. The molecule has 0 heterocycles. The van der Waals surface area contributed by atoms with Gasteiger partial charge in [0.2, 0.25) is 0 Å². The van der Waals surface area contributed by atoms with E-state index in [0.717, 1.165) is 42.6 Å². The molecule has 5 nitrogen and oxygen atoms in total. The number of carbonyl (C=O) groups excluding carboxylic acids is 1. The average Bonchev–Trinajstić information content (AvgIpc) is 2.94. The zero-order valence-electron chi connectivity index (χ0n) is 24.9. The lowest BCUT2D eigenvalue weighted by atomic mass is 9.49. The van der Waals surface area contributed by atoms with Crippen LogP contribution in [0.5, 0.6) is 0 Å². The molecule has 0 bridgehead atoms. The second kappa shape index (κ2) is 13.6. The van der Waals surface area contributed by atoms with Gasteiger partial charge in [-0.15, -0.1) is 0 Å². The fourth-order valence-electron chi connectivity index (χ4n) is 8.15. The first kappa shape index (κ1) is 30.0. The van der Waals surface area contributed by atoms with E-state index in [1.807, 2.05) is 30.5 Å². The molecule has 3 aliphatic carbocycles. The van der Waals surface area contributed by atoms with Crippen LogP contribution in [-0.2, 0) is 9.47 Å². The van der Waals surface area contributed by atoms with E-state index in [4.69, 9.17) is 15.2 Å². The maximum absolute atomic E-state index is 13.0. The Labute approximate surface area is 237 Å². The highest BCUT2D eigenvalue weighted by atomic mass is 16.5. The smallest absolute Gasteiger partial charge is 0.338 e. The Morgan fingerprint density at radius 2 is 1.95 bits per heavy atom. The molecule has 0 amide bonds. The van der Waals surface area contributed by atoms with Crippen molar-refractivity contribution in [1.29, 1.82) is 0 Å². The number of ether oxygens (including phenoxy) is 2. The van der Waals surface area contributed by atoms with Gasteiger partial charge in [-0.3, -0.25) is 4.99 Å². The molecule has 1 aromatic rings. The minimum absolute atomic E-state index is 0.0222. The minimum atomic E-state index is -0.216. The zero-order valence-corrected chi connectivity index (χ0v) is 24.9. The third kappa shape index (κ3) is 7.03. The van der Waals surface area contributed by atoms with Crippen LogP contribution in [0.25, 0.3) is 0 Å². The molecule has 2 saturated carbocycles. The quantitative estimate of drug-likeness (QED) is 0.131. The van der Waals surface area contributed by atoms with Gasteiger partial charge in [-0.1, -0.05) is 70.7 Å². The van der Waals surface area contributed by atoms with Crippen LogP contribution in [0, 0.1) is 28.6 Å². The van der Waals surface area contributed by atoms with Crippen LogP contribution in [0.1, 0.15) is 108 Å². The van der Waals surface area contributed by atoms with Crippen LogP contribution >= 0.6 is 0 Å².